The van der Waals surface area contributed by atoms with E-state index in [-0.39, 0.29) is 27.0 Å². The first-order valence-electron chi connectivity index (χ1n) is 9.51. The third kappa shape index (κ3) is 4.62. The maximum atomic E-state index is 13.0. The van der Waals surface area contributed by atoms with Crippen molar-refractivity contribution in [2.45, 2.75) is 29.8 Å². The van der Waals surface area contributed by atoms with Gasteiger partial charge in [-0.1, -0.05) is 18.2 Å². The van der Waals surface area contributed by atoms with Crippen molar-refractivity contribution in [1.82, 2.24) is 4.57 Å². The largest absolute Gasteiger partial charge is 0.430 e. The number of carbonyl (C=O) groups excluding carboxylic acids is 2. The molecule has 0 aliphatic carbocycles. The average Bonchev–Trinajstić information content (AvgIpc) is 3.10. The predicted molar refractivity (Wildman–Crippen MR) is 112 cm³/mol. The number of halogens is 6. The van der Waals surface area contributed by atoms with E-state index in [0.29, 0.717) is 12.1 Å². The van der Waals surface area contributed by atoms with E-state index in [1.54, 1.807) is 0 Å². The Balaban J connectivity index is 2.01. The molecule has 3 rings (SSSR count). The van der Waals surface area contributed by atoms with Crippen molar-refractivity contribution in [2.24, 2.45) is 0 Å². The molecule has 0 atom stereocenters. The molecule has 0 aliphatic rings. The molecule has 188 valence electrons. The molecule has 0 fully saturated rings. The Bertz CT molecular complexity index is 1410. The monoisotopic (exact) mass is 522 g/mol. The first-order chi connectivity index (χ1) is 15.9. The molecule has 35 heavy (non-hydrogen) atoms. The minimum Gasteiger partial charge on any atom is -0.369 e. The SMILES string of the molecule is CC(=O)n1cc2cc(S(C)(=O)=O)ccc2c1C(=O)Nc1ccc(C(O)(C(F)(F)F)C(F)(F)F)cc1. The van der Waals surface area contributed by atoms with E-state index in [1.165, 1.54) is 24.4 Å². The van der Waals surface area contributed by atoms with Gasteiger partial charge in [-0.2, -0.15) is 26.3 Å². The molecule has 0 unspecified atom stereocenters. The normalized spacial score (nSPS) is 13.2. The van der Waals surface area contributed by atoms with Gasteiger partial charge in [0.2, 0.25) is 5.91 Å². The Labute approximate surface area is 193 Å². The molecule has 3 aromatic rings. The minimum atomic E-state index is -6.07. The van der Waals surface area contributed by atoms with Crippen LogP contribution < -0.4 is 5.32 Å². The summed E-state index contributed by atoms with van der Waals surface area (Å²) in [4.78, 5) is 24.9. The van der Waals surface area contributed by atoms with Crippen LogP contribution in [0.15, 0.2) is 53.6 Å². The Kier molecular flexibility index (Phi) is 6.27. The fourth-order valence-electron chi connectivity index (χ4n) is 3.38. The van der Waals surface area contributed by atoms with E-state index < -0.39 is 45.2 Å². The molecule has 2 aromatic carbocycles. The van der Waals surface area contributed by atoms with Gasteiger partial charge in [-0.15, -0.1) is 0 Å². The molecular formula is C21H16F6N2O5S. The fraction of sp³-hybridized carbons (Fsp3) is 0.238. The van der Waals surface area contributed by atoms with Crippen LogP contribution in [0.4, 0.5) is 32.0 Å². The smallest absolute Gasteiger partial charge is 0.369 e. The van der Waals surface area contributed by atoms with Crippen molar-refractivity contribution >= 4 is 38.1 Å². The summed E-state index contributed by atoms with van der Waals surface area (Å²) in [6, 6.07) is 5.90. The highest BCUT2D eigenvalue weighted by Gasteiger charge is 2.71. The lowest BCUT2D eigenvalue weighted by molar-refractivity contribution is -0.376. The Morgan fingerprint density at radius 1 is 0.943 bits per heavy atom. The second kappa shape index (κ2) is 8.37. The summed E-state index contributed by atoms with van der Waals surface area (Å²) in [7, 11) is -3.60. The van der Waals surface area contributed by atoms with Gasteiger partial charge in [-0.05, 0) is 24.3 Å². The number of hydrogen-bond donors (Lipinski definition) is 2. The number of aromatic nitrogens is 1. The molecule has 1 aromatic heterocycles. The van der Waals surface area contributed by atoms with Gasteiger partial charge in [0, 0.05) is 41.4 Å². The molecule has 0 spiro atoms. The molecule has 0 aliphatic heterocycles. The molecule has 0 saturated heterocycles. The lowest BCUT2D eigenvalue weighted by Crippen LogP contribution is -2.53. The van der Waals surface area contributed by atoms with E-state index in [2.05, 4.69) is 5.32 Å². The van der Waals surface area contributed by atoms with E-state index >= 15 is 0 Å². The van der Waals surface area contributed by atoms with Crippen molar-refractivity contribution in [3.63, 3.8) is 0 Å². The summed E-state index contributed by atoms with van der Waals surface area (Å²) >= 11 is 0. The van der Waals surface area contributed by atoms with Gasteiger partial charge in [0.15, 0.2) is 9.84 Å². The number of carbonyl (C=O) groups is 2. The van der Waals surface area contributed by atoms with Crippen LogP contribution in [-0.2, 0) is 15.4 Å². The summed E-state index contributed by atoms with van der Waals surface area (Å²) in [6.45, 7) is 1.12. The number of alkyl halides is 6. The number of benzene rings is 2. The highest BCUT2D eigenvalue weighted by molar-refractivity contribution is 7.90. The van der Waals surface area contributed by atoms with Gasteiger partial charge < -0.3 is 10.4 Å². The topological polar surface area (TPSA) is 105 Å². The average molecular weight is 522 g/mol. The molecule has 0 saturated carbocycles. The predicted octanol–water partition coefficient (Wildman–Crippen LogP) is 4.27. The fourth-order valence-corrected chi connectivity index (χ4v) is 4.04. The molecular weight excluding hydrogens is 506 g/mol. The van der Waals surface area contributed by atoms with Crippen molar-refractivity contribution < 1.29 is 49.5 Å². The van der Waals surface area contributed by atoms with Crippen LogP contribution in [0.2, 0.25) is 0 Å². The number of anilines is 1. The minimum absolute atomic E-state index is 0.0740. The third-order valence-electron chi connectivity index (χ3n) is 5.15. The van der Waals surface area contributed by atoms with Crippen LogP contribution in [0.25, 0.3) is 10.8 Å². The standard InChI is InChI=1S/C21H16F6N2O5S/c1-11(30)29-10-12-9-15(35(2,33)34)7-8-16(12)17(29)18(31)28-14-5-3-13(4-6-14)19(32,20(22,23)24)21(25,26)27/h3-10,32H,1-2H3,(H,28,31). The van der Waals surface area contributed by atoms with E-state index in [9.17, 15) is 49.5 Å². The molecule has 2 N–H and O–H groups in total. The first kappa shape index (κ1) is 26.2. The Morgan fingerprint density at radius 2 is 1.49 bits per heavy atom. The third-order valence-corrected chi connectivity index (χ3v) is 6.26. The number of rotatable bonds is 4. The van der Waals surface area contributed by atoms with Crippen molar-refractivity contribution in [1.29, 1.82) is 0 Å². The number of sulfone groups is 1. The van der Waals surface area contributed by atoms with E-state index in [1.807, 2.05) is 0 Å². The number of aliphatic hydroxyl groups is 1. The van der Waals surface area contributed by atoms with Crippen molar-refractivity contribution in [2.75, 3.05) is 11.6 Å². The first-order valence-corrected chi connectivity index (χ1v) is 11.4. The zero-order chi connectivity index (χ0) is 26.6. The van der Waals surface area contributed by atoms with Crippen LogP contribution >= 0.6 is 0 Å². The van der Waals surface area contributed by atoms with Crippen LogP contribution in [0.3, 0.4) is 0 Å². The lowest BCUT2D eigenvalue weighted by Gasteiger charge is -2.32. The van der Waals surface area contributed by atoms with E-state index in [0.717, 1.165) is 29.9 Å². The summed E-state index contributed by atoms with van der Waals surface area (Å²) in [5, 5.41) is 12.1. The lowest BCUT2D eigenvalue weighted by atomic mass is 9.92. The number of nitrogens with one attached hydrogen (secondary N) is 1. The maximum Gasteiger partial charge on any atom is 0.430 e. The van der Waals surface area contributed by atoms with Crippen molar-refractivity contribution in [3.05, 3.63) is 59.9 Å². The van der Waals surface area contributed by atoms with Gasteiger partial charge in [0.25, 0.3) is 11.5 Å². The van der Waals surface area contributed by atoms with Gasteiger partial charge in [0.05, 0.1) is 4.90 Å². The summed E-state index contributed by atoms with van der Waals surface area (Å²) < 4.78 is 103. The molecule has 1 heterocycles. The Morgan fingerprint density at radius 3 is 1.94 bits per heavy atom. The maximum absolute atomic E-state index is 13.0. The molecule has 14 heteroatoms. The van der Waals surface area contributed by atoms with Gasteiger partial charge in [-0.3, -0.25) is 14.2 Å². The molecule has 7 nitrogen and oxygen atoms in total. The highest BCUT2D eigenvalue weighted by atomic mass is 32.2. The molecule has 1 amide bonds. The number of hydrogen-bond acceptors (Lipinski definition) is 5. The quantitative estimate of drug-likeness (QED) is 0.498. The number of fused-ring (bicyclic) bond motifs is 1. The number of nitrogens with zero attached hydrogens (tertiary/aromatic N) is 1. The van der Waals surface area contributed by atoms with Crippen molar-refractivity contribution in [3.8, 4) is 0 Å². The highest BCUT2D eigenvalue weighted by Crippen LogP contribution is 2.50. The Hall–Kier alpha value is -3.39. The van der Waals surface area contributed by atoms with Gasteiger partial charge in [-0.25, -0.2) is 8.42 Å². The van der Waals surface area contributed by atoms with Gasteiger partial charge in [0.1, 0.15) is 5.69 Å². The summed E-state index contributed by atoms with van der Waals surface area (Å²) in [6.07, 6.45) is -9.95. The number of amides is 1. The van der Waals surface area contributed by atoms with Gasteiger partial charge >= 0.3 is 12.4 Å². The molecule has 0 radical (unpaired) electrons. The van der Waals surface area contributed by atoms with Crippen LogP contribution in [0, 0.1) is 0 Å². The summed E-state index contributed by atoms with van der Waals surface area (Å²) in [5.41, 5.74) is -7.11. The summed E-state index contributed by atoms with van der Waals surface area (Å²) in [5.74, 6) is -1.57. The molecule has 0 bridgehead atoms. The van der Waals surface area contributed by atoms with E-state index in [4.69, 9.17) is 0 Å². The zero-order valence-electron chi connectivity index (χ0n) is 17.8. The van der Waals surface area contributed by atoms with Crippen LogP contribution in [0.5, 0.6) is 0 Å². The second-order valence-corrected chi connectivity index (χ2v) is 9.64. The van der Waals surface area contributed by atoms with Crippen LogP contribution in [-0.4, -0.2) is 48.5 Å². The second-order valence-electron chi connectivity index (χ2n) is 7.63. The zero-order valence-corrected chi connectivity index (χ0v) is 18.6. The van der Waals surface area contributed by atoms with Crippen LogP contribution in [0.1, 0.15) is 27.8 Å².